The number of ether oxygens (including phenoxy) is 1. The number of benzene rings is 2. The zero-order valence-electron chi connectivity index (χ0n) is 19.5. The Hall–Kier alpha value is -2.79. The fraction of sp³-hybridized carbons (Fsp3) is 0.357. The van der Waals surface area contributed by atoms with Crippen LogP contribution in [0, 0.1) is 6.92 Å². The Labute approximate surface area is 200 Å². The second-order valence-corrected chi connectivity index (χ2v) is 10.1. The Kier molecular flexibility index (Phi) is 7.39. The lowest BCUT2D eigenvalue weighted by atomic mass is 9.71. The van der Waals surface area contributed by atoms with Crippen molar-refractivity contribution >= 4 is 23.5 Å². The quantitative estimate of drug-likeness (QED) is 0.426. The van der Waals surface area contributed by atoms with Crippen LogP contribution in [0.4, 0.5) is 0 Å². The molecule has 0 radical (unpaired) electrons. The summed E-state index contributed by atoms with van der Waals surface area (Å²) in [6, 6.07) is 18.3. The SMILES string of the molecule is CCSCCOC(=O)C1=C(C)NC2=C(C(=O)C[C@@H](c3ccccc3)C2)[C@H]1c1ccc(C)cc1. The van der Waals surface area contributed by atoms with E-state index in [0.717, 1.165) is 40.4 Å². The second kappa shape index (κ2) is 10.4. The molecule has 2 atom stereocenters. The largest absolute Gasteiger partial charge is 0.461 e. The van der Waals surface area contributed by atoms with E-state index in [1.54, 1.807) is 11.8 Å². The molecule has 5 heteroatoms. The van der Waals surface area contributed by atoms with E-state index >= 15 is 0 Å². The number of dihydropyridines is 1. The maximum atomic E-state index is 13.6. The number of hydrogen-bond acceptors (Lipinski definition) is 5. The number of allylic oxidation sites excluding steroid dienone is 3. The minimum atomic E-state index is -0.405. The lowest BCUT2D eigenvalue weighted by Crippen LogP contribution is -2.36. The molecule has 0 spiro atoms. The van der Waals surface area contributed by atoms with Gasteiger partial charge in [-0.1, -0.05) is 67.1 Å². The molecule has 1 heterocycles. The number of carbonyl (C=O) groups is 2. The molecule has 0 saturated heterocycles. The Morgan fingerprint density at radius 3 is 2.45 bits per heavy atom. The van der Waals surface area contributed by atoms with Crippen LogP contribution >= 0.6 is 11.8 Å². The Balaban J connectivity index is 1.70. The van der Waals surface area contributed by atoms with Crippen LogP contribution in [-0.4, -0.2) is 29.9 Å². The van der Waals surface area contributed by atoms with E-state index in [9.17, 15) is 9.59 Å². The first-order valence-corrected chi connectivity index (χ1v) is 12.8. The van der Waals surface area contributed by atoms with Crippen molar-refractivity contribution in [1.29, 1.82) is 0 Å². The van der Waals surface area contributed by atoms with Crippen molar-refractivity contribution in [3.05, 3.63) is 93.8 Å². The number of aryl methyl sites for hydroxylation is 1. The number of rotatable bonds is 7. The summed E-state index contributed by atoms with van der Waals surface area (Å²) < 4.78 is 5.64. The van der Waals surface area contributed by atoms with Crippen LogP contribution in [0.25, 0.3) is 0 Å². The van der Waals surface area contributed by atoms with E-state index in [2.05, 4.69) is 24.4 Å². The summed E-state index contributed by atoms with van der Waals surface area (Å²) in [5.74, 6) is 1.24. The molecule has 2 aromatic rings. The molecule has 0 fully saturated rings. The van der Waals surface area contributed by atoms with E-state index in [0.29, 0.717) is 24.2 Å². The number of ketones is 1. The molecule has 2 aromatic carbocycles. The fourth-order valence-electron chi connectivity index (χ4n) is 4.78. The molecule has 0 unspecified atom stereocenters. The third-order valence-corrected chi connectivity index (χ3v) is 7.26. The molecule has 0 aromatic heterocycles. The van der Waals surface area contributed by atoms with Gasteiger partial charge >= 0.3 is 5.97 Å². The molecule has 0 amide bonds. The average molecular weight is 462 g/mol. The summed E-state index contributed by atoms with van der Waals surface area (Å²) in [4.78, 5) is 26.8. The second-order valence-electron chi connectivity index (χ2n) is 8.67. The van der Waals surface area contributed by atoms with Crippen molar-refractivity contribution in [1.82, 2.24) is 5.32 Å². The molecule has 1 aliphatic heterocycles. The Morgan fingerprint density at radius 2 is 1.76 bits per heavy atom. The van der Waals surface area contributed by atoms with Gasteiger partial charge < -0.3 is 10.1 Å². The predicted octanol–water partition coefficient (Wildman–Crippen LogP) is 5.65. The zero-order chi connectivity index (χ0) is 23.4. The molecular formula is C28H31NO3S. The van der Waals surface area contributed by atoms with Crippen molar-refractivity contribution in [3.63, 3.8) is 0 Å². The van der Waals surface area contributed by atoms with Crippen molar-refractivity contribution in [2.24, 2.45) is 0 Å². The minimum Gasteiger partial charge on any atom is -0.461 e. The maximum absolute atomic E-state index is 13.6. The standard InChI is InChI=1S/C28H31NO3S/c1-4-33-15-14-32-28(31)25-19(3)29-23-16-22(20-8-6-5-7-9-20)17-24(30)27(23)26(25)21-12-10-18(2)11-13-21/h5-13,22,26,29H,4,14-17H2,1-3H3/t22-,26-/m0/s1. The minimum absolute atomic E-state index is 0.0996. The lowest BCUT2D eigenvalue weighted by molar-refractivity contribution is -0.138. The fourth-order valence-corrected chi connectivity index (χ4v) is 5.27. The van der Waals surface area contributed by atoms with Crippen molar-refractivity contribution in [2.45, 2.75) is 45.4 Å². The van der Waals surface area contributed by atoms with Crippen molar-refractivity contribution < 1.29 is 14.3 Å². The van der Waals surface area contributed by atoms with Gasteiger partial charge in [0.1, 0.15) is 6.61 Å². The van der Waals surface area contributed by atoms with Crippen LogP contribution < -0.4 is 5.32 Å². The number of Topliss-reactive ketones (excluding diaryl/α,β-unsaturated/α-hetero) is 1. The third-order valence-electron chi connectivity index (χ3n) is 6.39. The molecule has 0 bridgehead atoms. The average Bonchev–Trinajstić information content (AvgIpc) is 2.82. The van der Waals surface area contributed by atoms with Gasteiger partial charge in [0.2, 0.25) is 0 Å². The number of carbonyl (C=O) groups excluding carboxylic acids is 2. The first-order chi connectivity index (χ1) is 16.0. The Morgan fingerprint density at radius 1 is 1.03 bits per heavy atom. The van der Waals surface area contributed by atoms with Gasteiger partial charge in [-0.15, -0.1) is 0 Å². The van der Waals surface area contributed by atoms with E-state index in [1.165, 1.54) is 5.56 Å². The highest BCUT2D eigenvalue weighted by Gasteiger charge is 2.41. The smallest absolute Gasteiger partial charge is 0.336 e. The molecular weight excluding hydrogens is 430 g/mol. The topological polar surface area (TPSA) is 55.4 Å². The first kappa shape index (κ1) is 23.4. The summed E-state index contributed by atoms with van der Waals surface area (Å²) in [6.45, 7) is 6.40. The van der Waals surface area contributed by atoms with E-state index in [-0.39, 0.29) is 17.7 Å². The number of nitrogens with one attached hydrogen (secondary N) is 1. The first-order valence-electron chi connectivity index (χ1n) is 11.6. The molecule has 0 saturated carbocycles. The molecule has 1 N–H and O–H groups in total. The molecule has 33 heavy (non-hydrogen) atoms. The summed E-state index contributed by atoms with van der Waals surface area (Å²) in [5, 5.41) is 3.42. The Bertz CT molecular complexity index is 1090. The lowest BCUT2D eigenvalue weighted by Gasteiger charge is -2.36. The van der Waals surface area contributed by atoms with Crippen molar-refractivity contribution in [2.75, 3.05) is 18.1 Å². The van der Waals surface area contributed by atoms with Gasteiger partial charge in [0.15, 0.2) is 5.78 Å². The monoisotopic (exact) mass is 461 g/mol. The summed E-state index contributed by atoms with van der Waals surface area (Å²) in [5.41, 5.74) is 6.23. The van der Waals surface area contributed by atoms with E-state index < -0.39 is 5.92 Å². The van der Waals surface area contributed by atoms with Gasteiger partial charge in [-0.2, -0.15) is 11.8 Å². The molecule has 4 rings (SSSR count). The van der Waals surface area contributed by atoms with Crippen LogP contribution in [0.15, 0.2) is 77.1 Å². The molecule has 4 nitrogen and oxygen atoms in total. The summed E-state index contributed by atoms with van der Waals surface area (Å²) in [6.07, 6.45) is 1.20. The van der Waals surface area contributed by atoms with Crippen LogP contribution in [0.3, 0.4) is 0 Å². The summed E-state index contributed by atoms with van der Waals surface area (Å²) in [7, 11) is 0. The van der Waals surface area contributed by atoms with E-state index in [4.69, 9.17) is 4.74 Å². The number of hydrogen-bond donors (Lipinski definition) is 1. The van der Waals surface area contributed by atoms with Gasteiger partial charge in [-0.3, -0.25) is 4.79 Å². The van der Waals surface area contributed by atoms with Gasteiger partial charge in [-0.05, 0) is 43.1 Å². The summed E-state index contributed by atoms with van der Waals surface area (Å²) >= 11 is 1.74. The molecule has 172 valence electrons. The van der Waals surface area contributed by atoms with Gasteiger partial charge in [-0.25, -0.2) is 4.79 Å². The van der Waals surface area contributed by atoms with E-state index in [1.807, 2.05) is 56.3 Å². The molecule has 2 aliphatic rings. The van der Waals surface area contributed by atoms with Crippen LogP contribution in [0.5, 0.6) is 0 Å². The van der Waals surface area contributed by atoms with Crippen LogP contribution in [0.2, 0.25) is 0 Å². The van der Waals surface area contributed by atoms with Gasteiger partial charge in [0.05, 0.1) is 5.57 Å². The van der Waals surface area contributed by atoms with Crippen LogP contribution in [-0.2, 0) is 14.3 Å². The predicted molar refractivity (Wildman–Crippen MR) is 134 cm³/mol. The van der Waals surface area contributed by atoms with Gasteiger partial charge in [0, 0.05) is 35.1 Å². The highest BCUT2D eigenvalue weighted by molar-refractivity contribution is 7.99. The maximum Gasteiger partial charge on any atom is 0.336 e. The normalized spacial score (nSPS) is 20.4. The zero-order valence-corrected chi connectivity index (χ0v) is 20.3. The van der Waals surface area contributed by atoms with Crippen LogP contribution in [0.1, 0.15) is 55.2 Å². The van der Waals surface area contributed by atoms with Crippen molar-refractivity contribution in [3.8, 4) is 0 Å². The third kappa shape index (κ3) is 5.09. The van der Waals surface area contributed by atoms with Gasteiger partial charge in [0.25, 0.3) is 0 Å². The highest BCUT2D eigenvalue weighted by Crippen LogP contribution is 2.45. The number of esters is 1. The highest BCUT2D eigenvalue weighted by atomic mass is 32.2. The number of thioether (sulfide) groups is 1. The molecule has 1 aliphatic carbocycles.